The molecule has 0 aromatic carbocycles. The van der Waals surface area contributed by atoms with E-state index in [9.17, 15) is 4.79 Å². The lowest BCUT2D eigenvalue weighted by molar-refractivity contribution is -0.107. The number of halogens is 1. The maximum absolute atomic E-state index is 10.0. The van der Waals surface area contributed by atoms with Gasteiger partial charge in [-0.25, -0.2) is 0 Å². The van der Waals surface area contributed by atoms with Gasteiger partial charge >= 0.3 is 0 Å². The Labute approximate surface area is 86.9 Å². The Balaban J connectivity index is 2.87. The molecule has 0 saturated heterocycles. The van der Waals surface area contributed by atoms with Crippen LogP contribution in [0.25, 0.3) is 0 Å². The Morgan fingerprint density at radius 2 is 1.62 bits per heavy atom. The lowest BCUT2D eigenvalue weighted by Gasteiger charge is -2.02. The fourth-order valence-electron chi connectivity index (χ4n) is 1.36. The molecule has 0 aromatic rings. The molecule has 0 heterocycles. The van der Waals surface area contributed by atoms with E-state index in [-0.39, 0.29) is 0 Å². The molecular formula is C11H21ClO. The van der Waals surface area contributed by atoms with Gasteiger partial charge in [-0.3, -0.25) is 0 Å². The molecule has 0 bridgehead atoms. The van der Waals surface area contributed by atoms with E-state index >= 15 is 0 Å². The first-order chi connectivity index (χ1) is 6.27. The number of aldehydes is 1. The molecule has 0 radical (unpaired) electrons. The van der Waals surface area contributed by atoms with Crippen LogP contribution in [0.15, 0.2) is 0 Å². The van der Waals surface area contributed by atoms with Gasteiger partial charge in [0.2, 0.25) is 0 Å². The van der Waals surface area contributed by atoms with Gasteiger partial charge in [0.25, 0.3) is 0 Å². The molecule has 0 rings (SSSR count). The quantitative estimate of drug-likeness (QED) is 0.316. The standard InChI is InChI=1S/C11H21ClO/c1-11(12)9-7-5-3-2-4-6-8-10-13/h10-11H,2-9H2,1H3. The maximum Gasteiger partial charge on any atom is 0.119 e. The lowest BCUT2D eigenvalue weighted by Crippen LogP contribution is -1.90. The average molecular weight is 205 g/mol. The van der Waals surface area contributed by atoms with Gasteiger partial charge in [-0.15, -0.1) is 11.6 Å². The molecule has 13 heavy (non-hydrogen) atoms. The zero-order valence-electron chi connectivity index (χ0n) is 8.60. The van der Waals surface area contributed by atoms with Crippen molar-refractivity contribution in [3.8, 4) is 0 Å². The van der Waals surface area contributed by atoms with Gasteiger partial charge in [0.1, 0.15) is 6.29 Å². The minimum atomic E-state index is 0.329. The normalized spacial score (nSPS) is 12.8. The highest BCUT2D eigenvalue weighted by atomic mass is 35.5. The highest BCUT2D eigenvalue weighted by Gasteiger charge is 1.95. The van der Waals surface area contributed by atoms with Crippen LogP contribution in [0.5, 0.6) is 0 Å². The fourth-order valence-corrected chi connectivity index (χ4v) is 1.51. The summed E-state index contributed by atoms with van der Waals surface area (Å²) < 4.78 is 0. The lowest BCUT2D eigenvalue weighted by atomic mass is 10.1. The van der Waals surface area contributed by atoms with Gasteiger partial charge in [-0.05, 0) is 19.8 Å². The third kappa shape index (κ3) is 12.0. The van der Waals surface area contributed by atoms with Crippen molar-refractivity contribution in [2.75, 3.05) is 0 Å². The van der Waals surface area contributed by atoms with Gasteiger partial charge in [0.15, 0.2) is 0 Å². The smallest absolute Gasteiger partial charge is 0.119 e. The molecule has 1 unspecified atom stereocenters. The van der Waals surface area contributed by atoms with E-state index in [1.54, 1.807) is 0 Å². The molecule has 0 aliphatic carbocycles. The highest BCUT2D eigenvalue weighted by Crippen LogP contribution is 2.11. The first-order valence-corrected chi connectivity index (χ1v) is 5.78. The van der Waals surface area contributed by atoms with E-state index in [0.717, 1.165) is 25.5 Å². The van der Waals surface area contributed by atoms with Crippen LogP contribution in [0.4, 0.5) is 0 Å². The number of hydrogen-bond donors (Lipinski definition) is 0. The molecule has 0 aromatic heterocycles. The molecule has 78 valence electrons. The Kier molecular flexibility index (Phi) is 10.0. The third-order valence-corrected chi connectivity index (χ3v) is 2.39. The summed E-state index contributed by atoms with van der Waals surface area (Å²) in [6.07, 6.45) is 10.2. The van der Waals surface area contributed by atoms with Crippen LogP contribution in [0.2, 0.25) is 0 Å². The molecule has 2 heteroatoms. The molecule has 1 atom stereocenters. The number of rotatable bonds is 9. The van der Waals surface area contributed by atoms with Gasteiger partial charge < -0.3 is 4.79 Å². The summed E-state index contributed by atoms with van der Waals surface area (Å²) in [4.78, 5) is 10.0. The number of unbranched alkanes of at least 4 members (excludes halogenated alkanes) is 6. The first-order valence-electron chi connectivity index (χ1n) is 5.35. The molecule has 1 nitrogen and oxygen atoms in total. The Hall–Kier alpha value is -0.0400. The minimum Gasteiger partial charge on any atom is -0.303 e. The minimum absolute atomic E-state index is 0.329. The number of hydrogen-bond acceptors (Lipinski definition) is 1. The molecule has 0 aliphatic heterocycles. The average Bonchev–Trinajstić information content (AvgIpc) is 2.09. The second kappa shape index (κ2) is 10.0. The summed E-state index contributed by atoms with van der Waals surface area (Å²) in [7, 11) is 0. The molecule has 0 fully saturated rings. The Morgan fingerprint density at radius 1 is 1.08 bits per heavy atom. The zero-order chi connectivity index (χ0) is 9.94. The van der Waals surface area contributed by atoms with Crippen molar-refractivity contribution in [3.63, 3.8) is 0 Å². The summed E-state index contributed by atoms with van der Waals surface area (Å²) in [6, 6.07) is 0. The van der Waals surface area contributed by atoms with Gasteiger partial charge in [0.05, 0.1) is 0 Å². The van der Waals surface area contributed by atoms with Crippen LogP contribution >= 0.6 is 11.6 Å². The number of alkyl halides is 1. The van der Waals surface area contributed by atoms with Gasteiger partial charge in [-0.1, -0.05) is 32.1 Å². The SMILES string of the molecule is CC(Cl)CCCCCCCCC=O. The van der Waals surface area contributed by atoms with Gasteiger partial charge in [-0.2, -0.15) is 0 Å². The van der Waals surface area contributed by atoms with E-state index in [4.69, 9.17) is 11.6 Å². The van der Waals surface area contributed by atoms with E-state index < -0.39 is 0 Å². The molecule has 0 aliphatic rings. The number of carbonyl (C=O) groups is 1. The molecule has 0 saturated carbocycles. The summed E-state index contributed by atoms with van der Waals surface area (Å²) >= 11 is 5.82. The van der Waals surface area contributed by atoms with Crippen molar-refractivity contribution in [2.24, 2.45) is 0 Å². The van der Waals surface area contributed by atoms with E-state index in [1.807, 2.05) is 6.92 Å². The van der Waals surface area contributed by atoms with Crippen LogP contribution in [0.3, 0.4) is 0 Å². The van der Waals surface area contributed by atoms with Crippen LogP contribution in [0, 0.1) is 0 Å². The molecule has 0 spiro atoms. The van der Waals surface area contributed by atoms with Crippen molar-refractivity contribution in [3.05, 3.63) is 0 Å². The summed E-state index contributed by atoms with van der Waals surface area (Å²) in [5.74, 6) is 0. The van der Waals surface area contributed by atoms with E-state index in [0.29, 0.717) is 5.38 Å². The van der Waals surface area contributed by atoms with Crippen molar-refractivity contribution in [1.29, 1.82) is 0 Å². The molecule has 0 amide bonds. The summed E-state index contributed by atoms with van der Waals surface area (Å²) in [5, 5.41) is 0.329. The second-order valence-corrected chi connectivity index (χ2v) is 4.39. The van der Waals surface area contributed by atoms with Crippen molar-refractivity contribution in [1.82, 2.24) is 0 Å². The molecular weight excluding hydrogens is 184 g/mol. The fraction of sp³-hybridized carbons (Fsp3) is 0.909. The van der Waals surface area contributed by atoms with Crippen molar-refractivity contribution < 1.29 is 4.79 Å². The third-order valence-electron chi connectivity index (χ3n) is 2.17. The van der Waals surface area contributed by atoms with Crippen LogP contribution in [-0.4, -0.2) is 11.7 Å². The Bertz CT molecular complexity index is 113. The topological polar surface area (TPSA) is 17.1 Å². The van der Waals surface area contributed by atoms with Crippen LogP contribution < -0.4 is 0 Å². The van der Waals surface area contributed by atoms with Crippen molar-refractivity contribution >= 4 is 17.9 Å². The van der Waals surface area contributed by atoms with E-state index in [1.165, 1.54) is 32.1 Å². The van der Waals surface area contributed by atoms with Crippen molar-refractivity contribution in [2.45, 2.75) is 63.7 Å². The molecule has 0 N–H and O–H groups in total. The van der Waals surface area contributed by atoms with E-state index in [2.05, 4.69) is 0 Å². The monoisotopic (exact) mass is 204 g/mol. The largest absolute Gasteiger partial charge is 0.303 e. The predicted octanol–water partition coefficient (Wildman–Crippen LogP) is 3.93. The number of carbonyl (C=O) groups excluding carboxylic acids is 1. The van der Waals surface area contributed by atoms with Crippen LogP contribution in [-0.2, 0) is 4.79 Å². The van der Waals surface area contributed by atoms with Crippen LogP contribution in [0.1, 0.15) is 58.3 Å². The summed E-state index contributed by atoms with van der Waals surface area (Å²) in [5.41, 5.74) is 0. The van der Waals surface area contributed by atoms with Gasteiger partial charge in [0, 0.05) is 11.8 Å². The predicted molar refractivity (Wildman–Crippen MR) is 58.3 cm³/mol. The first kappa shape index (κ1) is 13.0. The summed E-state index contributed by atoms with van der Waals surface area (Å²) in [6.45, 7) is 2.05. The maximum atomic E-state index is 10.0. The highest BCUT2D eigenvalue weighted by molar-refractivity contribution is 6.20. The second-order valence-electron chi connectivity index (χ2n) is 3.65. The Morgan fingerprint density at radius 3 is 2.15 bits per heavy atom. The zero-order valence-corrected chi connectivity index (χ0v) is 9.35.